The van der Waals surface area contributed by atoms with Crippen LogP contribution in [-0.2, 0) is 0 Å². The molecule has 33 heavy (non-hydrogen) atoms. The summed E-state index contributed by atoms with van der Waals surface area (Å²) in [6, 6.07) is 23.0. The number of hydrogen-bond donors (Lipinski definition) is 2. The van der Waals surface area contributed by atoms with Gasteiger partial charge in [0.05, 0.1) is 17.2 Å². The maximum Gasteiger partial charge on any atom is 0.261 e. The number of carbonyl (C=O) groups is 1. The second-order valence-corrected chi connectivity index (χ2v) is 7.94. The molecule has 5 rings (SSSR count). The fourth-order valence-corrected chi connectivity index (χ4v) is 3.68. The predicted molar refractivity (Wildman–Crippen MR) is 133 cm³/mol. The van der Waals surface area contributed by atoms with Crippen LogP contribution in [0.25, 0.3) is 22.2 Å². The van der Waals surface area contributed by atoms with Crippen LogP contribution in [0.3, 0.4) is 0 Å². The largest absolute Gasteiger partial charge is 0.383 e. The van der Waals surface area contributed by atoms with Crippen LogP contribution in [0, 0.1) is 13.8 Å². The molecular weight excluding hydrogens is 412 g/mol. The third kappa shape index (κ3) is 3.92. The minimum Gasteiger partial charge on any atom is -0.383 e. The Morgan fingerprint density at radius 3 is 2.39 bits per heavy atom. The van der Waals surface area contributed by atoms with Crippen LogP contribution in [0.4, 0.5) is 11.5 Å². The molecule has 162 valence electrons. The van der Waals surface area contributed by atoms with E-state index in [2.05, 4.69) is 10.4 Å². The van der Waals surface area contributed by atoms with Crippen molar-refractivity contribution in [1.82, 2.24) is 14.6 Å². The first-order valence-electron chi connectivity index (χ1n) is 10.6. The molecule has 0 aliphatic rings. The summed E-state index contributed by atoms with van der Waals surface area (Å²) in [4.78, 5) is 22.7. The van der Waals surface area contributed by atoms with E-state index in [1.165, 1.54) is 4.68 Å². The van der Waals surface area contributed by atoms with Crippen molar-refractivity contribution in [3.8, 4) is 0 Å². The van der Waals surface area contributed by atoms with Crippen molar-refractivity contribution in [2.24, 2.45) is 5.10 Å². The summed E-state index contributed by atoms with van der Waals surface area (Å²) in [6.07, 6.45) is 1.69. The molecule has 5 aromatic rings. The average molecular weight is 435 g/mol. The Labute approximate surface area is 190 Å². The number of nitrogens with zero attached hydrogens (tertiary/aromatic N) is 4. The normalized spacial score (nSPS) is 11.5. The van der Waals surface area contributed by atoms with Crippen molar-refractivity contribution >= 4 is 45.8 Å². The lowest BCUT2D eigenvalue weighted by molar-refractivity contribution is 0.102. The van der Waals surface area contributed by atoms with Crippen molar-refractivity contribution in [3.63, 3.8) is 0 Å². The van der Waals surface area contributed by atoms with Crippen LogP contribution in [0.15, 0.2) is 77.9 Å². The van der Waals surface area contributed by atoms with Crippen molar-refractivity contribution < 1.29 is 4.79 Å². The zero-order valence-electron chi connectivity index (χ0n) is 18.3. The van der Waals surface area contributed by atoms with Gasteiger partial charge in [0.1, 0.15) is 16.9 Å². The highest BCUT2D eigenvalue weighted by molar-refractivity contribution is 6.16. The lowest BCUT2D eigenvalue weighted by atomic mass is 10.2. The molecule has 0 radical (unpaired) electrons. The summed E-state index contributed by atoms with van der Waals surface area (Å²) in [5, 5.41) is 7.47. The van der Waals surface area contributed by atoms with Crippen molar-refractivity contribution in [3.05, 3.63) is 95.1 Å². The van der Waals surface area contributed by atoms with Crippen LogP contribution < -0.4 is 11.1 Å². The van der Waals surface area contributed by atoms with Crippen molar-refractivity contribution in [2.75, 3.05) is 11.1 Å². The second kappa shape index (κ2) is 8.20. The van der Waals surface area contributed by atoms with Crippen LogP contribution in [0.2, 0.25) is 0 Å². The topological polar surface area (TPSA) is 98.2 Å². The molecule has 1 amide bonds. The lowest BCUT2D eigenvalue weighted by Crippen LogP contribution is -2.14. The third-order valence-corrected chi connectivity index (χ3v) is 5.38. The van der Waals surface area contributed by atoms with Gasteiger partial charge in [-0.2, -0.15) is 9.78 Å². The van der Waals surface area contributed by atoms with Gasteiger partial charge in [-0.3, -0.25) is 4.79 Å². The number of aromatic nitrogens is 3. The van der Waals surface area contributed by atoms with Gasteiger partial charge in [-0.1, -0.05) is 54.1 Å². The molecule has 3 aromatic carbocycles. The minimum atomic E-state index is -0.364. The van der Waals surface area contributed by atoms with E-state index in [0.29, 0.717) is 27.9 Å². The number of hydrogen-bond acceptors (Lipinski definition) is 5. The van der Waals surface area contributed by atoms with Gasteiger partial charge in [0.15, 0.2) is 5.65 Å². The Kier molecular flexibility index (Phi) is 5.06. The highest BCUT2D eigenvalue weighted by Gasteiger charge is 2.24. The van der Waals surface area contributed by atoms with Gasteiger partial charge < -0.3 is 11.1 Å². The molecule has 0 aliphatic heterocycles. The molecule has 3 N–H and O–H groups in total. The van der Waals surface area contributed by atoms with E-state index >= 15 is 0 Å². The number of nitrogen functional groups attached to an aromatic ring is 1. The Morgan fingerprint density at radius 1 is 0.939 bits per heavy atom. The van der Waals surface area contributed by atoms with E-state index in [0.717, 1.165) is 16.7 Å². The molecule has 2 heterocycles. The number of rotatable bonds is 4. The highest BCUT2D eigenvalue weighted by Crippen LogP contribution is 2.28. The zero-order chi connectivity index (χ0) is 22.9. The summed E-state index contributed by atoms with van der Waals surface area (Å²) >= 11 is 0. The molecular formula is C26H22N6O. The van der Waals surface area contributed by atoms with Crippen LogP contribution in [0.5, 0.6) is 0 Å². The monoisotopic (exact) mass is 434 g/mol. The van der Waals surface area contributed by atoms with Crippen LogP contribution in [0.1, 0.15) is 27.0 Å². The number of fused-ring (bicyclic) bond motifs is 2. The smallest absolute Gasteiger partial charge is 0.261 e. The van der Waals surface area contributed by atoms with E-state index in [1.54, 1.807) is 6.21 Å². The molecule has 0 saturated heterocycles. The first-order chi connectivity index (χ1) is 16.0. The van der Waals surface area contributed by atoms with Crippen molar-refractivity contribution in [2.45, 2.75) is 13.8 Å². The maximum absolute atomic E-state index is 13.3. The Balaban J connectivity index is 1.66. The summed E-state index contributed by atoms with van der Waals surface area (Å²) in [5.74, 6) is -0.189. The first-order valence-corrected chi connectivity index (χ1v) is 10.6. The molecule has 0 unspecified atom stereocenters. The van der Waals surface area contributed by atoms with Gasteiger partial charge in [0.25, 0.3) is 5.91 Å². The van der Waals surface area contributed by atoms with E-state index in [4.69, 9.17) is 15.7 Å². The third-order valence-electron chi connectivity index (χ3n) is 5.38. The van der Waals surface area contributed by atoms with Gasteiger partial charge in [-0.15, -0.1) is 0 Å². The molecule has 0 atom stereocenters. The van der Waals surface area contributed by atoms with Crippen molar-refractivity contribution in [1.29, 1.82) is 0 Å². The number of anilines is 2. The van der Waals surface area contributed by atoms with E-state index in [1.807, 2.05) is 86.6 Å². The van der Waals surface area contributed by atoms with E-state index < -0.39 is 0 Å². The number of benzene rings is 3. The molecule has 0 saturated carbocycles. The van der Waals surface area contributed by atoms with Gasteiger partial charge in [-0.05, 0) is 49.2 Å². The van der Waals surface area contributed by atoms with Gasteiger partial charge >= 0.3 is 0 Å². The standard InChI is InChI=1S/C26H22N6O/c1-16-10-12-18(13-11-16)15-28-32-24(27)22(26(33)29-19-7-5-6-17(2)14-19)23-25(32)31-21-9-4-3-8-20(21)30-23/h3-15H,27H2,1-2H3,(H,29,33)/b28-15-. The lowest BCUT2D eigenvalue weighted by Gasteiger charge is -2.06. The van der Waals surface area contributed by atoms with Crippen LogP contribution in [-0.4, -0.2) is 26.8 Å². The highest BCUT2D eigenvalue weighted by atomic mass is 16.1. The van der Waals surface area contributed by atoms with E-state index in [-0.39, 0.29) is 17.3 Å². The number of nitrogens with two attached hydrogens (primary N) is 1. The van der Waals surface area contributed by atoms with Gasteiger partial charge in [0.2, 0.25) is 0 Å². The Bertz CT molecular complexity index is 1530. The SMILES string of the molecule is Cc1ccc(/C=N\n2c(N)c(C(=O)Nc3cccc(C)c3)c3nc4ccccc4nc32)cc1. The minimum absolute atomic E-state index is 0.175. The number of aryl methyl sites for hydroxylation is 2. The van der Waals surface area contributed by atoms with E-state index in [9.17, 15) is 4.79 Å². The fourth-order valence-electron chi connectivity index (χ4n) is 3.68. The van der Waals surface area contributed by atoms with Gasteiger partial charge in [-0.25, -0.2) is 9.97 Å². The quantitative estimate of drug-likeness (QED) is 0.392. The zero-order valence-corrected chi connectivity index (χ0v) is 18.3. The summed E-state index contributed by atoms with van der Waals surface area (Å²) in [7, 11) is 0. The fraction of sp³-hybridized carbons (Fsp3) is 0.0769. The second-order valence-electron chi connectivity index (χ2n) is 7.94. The first kappa shape index (κ1) is 20.4. The Morgan fingerprint density at radius 2 is 1.67 bits per heavy atom. The maximum atomic E-state index is 13.3. The molecule has 0 spiro atoms. The van der Waals surface area contributed by atoms with Gasteiger partial charge in [0, 0.05) is 5.69 Å². The molecule has 2 aromatic heterocycles. The summed E-state index contributed by atoms with van der Waals surface area (Å²) < 4.78 is 1.47. The number of amides is 1. The average Bonchev–Trinajstić information content (AvgIpc) is 3.07. The molecule has 7 nitrogen and oxygen atoms in total. The summed E-state index contributed by atoms with van der Waals surface area (Å²) in [6.45, 7) is 3.99. The summed E-state index contributed by atoms with van der Waals surface area (Å²) in [5.41, 5.74) is 12.7. The molecule has 0 fully saturated rings. The Hall–Kier alpha value is -4.52. The molecule has 0 aliphatic carbocycles. The number of carbonyl (C=O) groups excluding carboxylic acids is 1. The number of nitrogens with one attached hydrogen (secondary N) is 1. The molecule has 0 bridgehead atoms. The molecule has 7 heteroatoms. The number of para-hydroxylation sites is 2. The predicted octanol–water partition coefficient (Wildman–Crippen LogP) is 4.92. The van der Waals surface area contributed by atoms with Crippen LogP contribution >= 0.6 is 0 Å².